The summed E-state index contributed by atoms with van der Waals surface area (Å²) in [4.78, 5) is 32.6. The van der Waals surface area contributed by atoms with Crippen LogP contribution in [0.3, 0.4) is 0 Å². The van der Waals surface area contributed by atoms with Crippen LogP contribution >= 0.6 is 11.6 Å². The van der Waals surface area contributed by atoms with Crippen LogP contribution in [0.5, 0.6) is 0 Å². The predicted octanol–water partition coefficient (Wildman–Crippen LogP) is 1.75. The average Bonchev–Trinajstić information content (AvgIpc) is 3.39. The van der Waals surface area contributed by atoms with Crippen LogP contribution < -0.4 is 10.6 Å². The van der Waals surface area contributed by atoms with Crippen LogP contribution in [0.25, 0.3) is 0 Å². The quantitative estimate of drug-likeness (QED) is 0.836. The van der Waals surface area contributed by atoms with E-state index in [4.69, 9.17) is 11.6 Å². The van der Waals surface area contributed by atoms with Gasteiger partial charge in [0.05, 0.1) is 0 Å². The van der Waals surface area contributed by atoms with Gasteiger partial charge in [0.15, 0.2) is 10.8 Å². The molecular formula is C17H17ClN4O2. The molecule has 0 aliphatic heterocycles. The first kappa shape index (κ1) is 16.4. The minimum Gasteiger partial charge on any atom is -0.352 e. The number of hydrogen-bond acceptors (Lipinski definition) is 4. The second kappa shape index (κ2) is 7.40. The summed E-state index contributed by atoms with van der Waals surface area (Å²) in [5.74, 6) is -0.713. The van der Waals surface area contributed by atoms with Crippen molar-refractivity contribution in [2.45, 2.75) is 31.3 Å². The van der Waals surface area contributed by atoms with E-state index in [1.54, 1.807) is 0 Å². The van der Waals surface area contributed by atoms with E-state index < -0.39 is 11.9 Å². The number of nitrogens with zero attached hydrogens (tertiary/aromatic N) is 2. The van der Waals surface area contributed by atoms with Gasteiger partial charge in [0.1, 0.15) is 6.04 Å². The summed E-state index contributed by atoms with van der Waals surface area (Å²) in [6.07, 6.45) is 5.14. The van der Waals surface area contributed by atoms with E-state index in [1.165, 1.54) is 12.4 Å². The molecule has 2 N–H and O–H groups in total. The van der Waals surface area contributed by atoms with Crippen LogP contribution in [0.4, 0.5) is 0 Å². The topological polar surface area (TPSA) is 84.0 Å². The zero-order chi connectivity index (χ0) is 16.9. The van der Waals surface area contributed by atoms with Crippen molar-refractivity contribution in [2.75, 3.05) is 0 Å². The molecule has 1 saturated carbocycles. The Balaban J connectivity index is 1.74. The molecule has 1 aromatic carbocycles. The normalized spacial score (nSPS) is 14.7. The lowest BCUT2D eigenvalue weighted by Crippen LogP contribution is -2.48. The first-order valence-corrected chi connectivity index (χ1v) is 8.13. The van der Waals surface area contributed by atoms with Gasteiger partial charge in [-0.25, -0.2) is 9.97 Å². The SMILES string of the molecule is O=C(NC(Cc1ccccc1)C(=O)NC1CC1)c1nccnc1Cl. The number of halogens is 1. The molecule has 0 radical (unpaired) electrons. The fourth-order valence-corrected chi connectivity index (χ4v) is 2.48. The number of amides is 2. The molecular weight excluding hydrogens is 328 g/mol. The molecule has 1 atom stereocenters. The lowest BCUT2D eigenvalue weighted by atomic mass is 10.0. The lowest BCUT2D eigenvalue weighted by molar-refractivity contribution is -0.123. The van der Waals surface area contributed by atoms with Crippen molar-refractivity contribution >= 4 is 23.4 Å². The number of carbonyl (C=O) groups is 2. The Morgan fingerprint density at radius 1 is 1.17 bits per heavy atom. The lowest BCUT2D eigenvalue weighted by Gasteiger charge is -2.18. The number of hydrogen-bond donors (Lipinski definition) is 2. The highest BCUT2D eigenvalue weighted by atomic mass is 35.5. The Bertz CT molecular complexity index is 734. The van der Waals surface area contributed by atoms with Crippen molar-refractivity contribution in [3.8, 4) is 0 Å². The van der Waals surface area contributed by atoms with Gasteiger partial charge in [0, 0.05) is 24.9 Å². The molecule has 2 aromatic rings. The Hall–Kier alpha value is -2.47. The van der Waals surface area contributed by atoms with Gasteiger partial charge in [-0.05, 0) is 18.4 Å². The maximum Gasteiger partial charge on any atom is 0.273 e. The highest BCUT2D eigenvalue weighted by Crippen LogP contribution is 2.19. The van der Waals surface area contributed by atoms with E-state index in [1.807, 2.05) is 30.3 Å². The summed E-state index contributed by atoms with van der Waals surface area (Å²) in [7, 11) is 0. The molecule has 124 valence electrons. The van der Waals surface area contributed by atoms with Crippen LogP contribution in [0.15, 0.2) is 42.7 Å². The van der Waals surface area contributed by atoms with Gasteiger partial charge >= 0.3 is 0 Å². The van der Waals surface area contributed by atoms with Gasteiger partial charge < -0.3 is 10.6 Å². The van der Waals surface area contributed by atoms with Crippen LogP contribution in [0, 0.1) is 0 Å². The summed E-state index contributed by atoms with van der Waals surface area (Å²) in [6.45, 7) is 0. The smallest absolute Gasteiger partial charge is 0.273 e. The Morgan fingerprint density at radius 2 is 1.88 bits per heavy atom. The molecule has 1 aromatic heterocycles. The first-order valence-electron chi connectivity index (χ1n) is 7.75. The van der Waals surface area contributed by atoms with Crippen molar-refractivity contribution in [3.05, 3.63) is 59.1 Å². The Labute approximate surface area is 144 Å². The van der Waals surface area contributed by atoms with Crippen LogP contribution in [-0.2, 0) is 11.2 Å². The molecule has 1 aliphatic carbocycles. The maximum absolute atomic E-state index is 12.5. The number of nitrogens with one attached hydrogen (secondary N) is 2. The largest absolute Gasteiger partial charge is 0.352 e. The molecule has 1 fully saturated rings. The molecule has 2 amide bonds. The number of aromatic nitrogens is 2. The second-order valence-electron chi connectivity index (χ2n) is 5.69. The van der Waals surface area contributed by atoms with Gasteiger partial charge in [0.2, 0.25) is 5.91 Å². The fraction of sp³-hybridized carbons (Fsp3) is 0.294. The van der Waals surface area contributed by atoms with E-state index in [9.17, 15) is 9.59 Å². The summed E-state index contributed by atoms with van der Waals surface area (Å²) < 4.78 is 0. The van der Waals surface area contributed by atoms with Gasteiger partial charge in [-0.15, -0.1) is 0 Å². The summed E-state index contributed by atoms with van der Waals surface area (Å²) in [5.41, 5.74) is 0.968. The minimum absolute atomic E-state index is 0.0102. The fourth-order valence-electron chi connectivity index (χ4n) is 2.29. The molecule has 1 heterocycles. The number of carbonyl (C=O) groups excluding carboxylic acids is 2. The van der Waals surface area contributed by atoms with Crippen LogP contribution in [0.2, 0.25) is 5.15 Å². The monoisotopic (exact) mass is 344 g/mol. The minimum atomic E-state index is -0.696. The average molecular weight is 345 g/mol. The number of benzene rings is 1. The molecule has 24 heavy (non-hydrogen) atoms. The van der Waals surface area contributed by atoms with Gasteiger partial charge in [-0.2, -0.15) is 0 Å². The first-order chi connectivity index (χ1) is 11.6. The zero-order valence-corrected chi connectivity index (χ0v) is 13.7. The Morgan fingerprint density at radius 3 is 2.54 bits per heavy atom. The van der Waals surface area contributed by atoms with E-state index in [2.05, 4.69) is 20.6 Å². The molecule has 1 aliphatic rings. The molecule has 0 spiro atoms. The molecule has 0 saturated heterocycles. The third-order valence-electron chi connectivity index (χ3n) is 3.70. The van der Waals surface area contributed by atoms with Crippen molar-refractivity contribution in [1.82, 2.24) is 20.6 Å². The van der Waals surface area contributed by atoms with Crippen LogP contribution in [-0.4, -0.2) is 33.9 Å². The maximum atomic E-state index is 12.5. The highest BCUT2D eigenvalue weighted by Gasteiger charge is 2.29. The van der Waals surface area contributed by atoms with Gasteiger partial charge in [-0.1, -0.05) is 41.9 Å². The standard InChI is InChI=1S/C17H17ClN4O2/c18-15-14(19-8-9-20-15)17(24)22-13(16(23)21-12-6-7-12)10-11-4-2-1-3-5-11/h1-5,8-9,12-13H,6-7,10H2,(H,21,23)(H,22,24). The third-order valence-corrected chi connectivity index (χ3v) is 3.97. The van der Waals surface area contributed by atoms with E-state index in [0.717, 1.165) is 18.4 Å². The number of rotatable bonds is 6. The van der Waals surface area contributed by atoms with Crippen LogP contribution in [0.1, 0.15) is 28.9 Å². The van der Waals surface area contributed by atoms with Gasteiger partial charge in [-0.3, -0.25) is 9.59 Å². The molecule has 1 unspecified atom stereocenters. The van der Waals surface area contributed by atoms with Gasteiger partial charge in [0.25, 0.3) is 5.91 Å². The summed E-state index contributed by atoms with van der Waals surface area (Å²) >= 11 is 5.90. The van der Waals surface area contributed by atoms with Crippen molar-refractivity contribution in [3.63, 3.8) is 0 Å². The third kappa shape index (κ3) is 4.29. The van der Waals surface area contributed by atoms with E-state index >= 15 is 0 Å². The Kier molecular flexibility index (Phi) is 5.05. The molecule has 7 heteroatoms. The molecule has 0 bridgehead atoms. The second-order valence-corrected chi connectivity index (χ2v) is 6.05. The molecule has 3 rings (SSSR count). The van der Waals surface area contributed by atoms with Crippen molar-refractivity contribution in [2.24, 2.45) is 0 Å². The summed E-state index contributed by atoms with van der Waals surface area (Å²) in [5, 5.41) is 5.65. The summed E-state index contributed by atoms with van der Waals surface area (Å²) in [6, 6.07) is 9.05. The van der Waals surface area contributed by atoms with Crippen molar-refractivity contribution < 1.29 is 9.59 Å². The highest BCUT2D eigenvalue weighted by molar-refractivity contribution is 6.32. The van der Waals surface area contributed by atoms with E-state index in [0.29, 0.717) is 6.42 Å². The van der Waals surface area contributed by atoms with Crippen molar-refractivity contribution in [1.29, 1.82) is 0 Å². The molecule has 6 nitrogen and oxygen atoms in total. The predicted molar refractivity (Wildman–Crippen MR) is 89.6 cm³/mol. The van der Waals surface area contributed by atoms with E-state index in [-0.39, 0.29) is 22.8 Å². The zero-order valence-electron chi connectivity index (χ0n) is 12.9.